The van der Waals surface area contributed by atoms with Gasteiger partial charge < -0.3 is 25.8 Å². The zero-order chi connectivity index (χ0) is 27.9. The van der Waals surface area contributed by atoms with Gasteiger partial charge in [-0.25, -0.2) is 9.18 Å². The van der Waals surface area contributed by atoms with E-state index < -0.39 is 23.6 Å². The molecule has 3 rings (SSSR count). The van der Waals surface area contributed by atoms with Gasteiger partial charge in [0, 0.05) is 31.6 Å². The first-order valence-electron chi connectivity index (χ1n) is 13.6. The van der Waals surface area contributed by atoms with Gasteiger partial charge in [-0.2, -0.15) is 0 Å². The van der Waals surface area contributed by atoms with Gasteiger partial charge in [-0.1, -0.05) is 57.2 Å². The van der Waals surface area contributed by atoms with Crippen LogP contribution >= 0.6 is 0 Å². The predicted octanol–water partition coefficient (Wildman–Crippen LogP) is 4.60. The number of hydrogen-bond donors (Lipinski definition) is 3. The van der Waals surface area contributed by atoms with E-state index in [1.54, 1.807) is 17.0 Å². The lowest BCUT2D eigenvalue weighted by Crippen LogP contribution is -2.53. The molecule has 4 N–H and O–H groups in total. The van der Waals surface area contributed by atoms with Crippen LogP contribution < -0.4 is 11.1 Å². The van der Waals surface area contributed by atoms with E-state index in [4.69, 9.17) is 10.5 Å². The fourth-order valence-electron chi connectivity index (χ4n) is 5.33. The topological polar surface area (TPSA) is 105 Å². The Balaban J connectivity index is 2.03. The van der Waals surface area contributed by atoms with E-state index in [-0.39, 0.29) is 30.8 Å². The first-order valence-corrected chi connectivity index (χ1v) is 13.6. The molecule has 1 saturated heterocycles. The molecule has 0 aliphatic carbocycles. The summed E-state index contributed by atoms with van der Waals surface area (Å²) in [5.41, 5.74) is 7.33. The second-order valence-electron chi connectivity index (χ2n) is 10.5. The van der Waals surface area contributed by atoms with Crippen molar-refractivity contribution in [3.8, 4) is 11.1 Å². The first kappa shape index (κ1) is 29.6. The molecule has 1 aliphatic rings. The summed E-state index contributed by atoms with van der Waals surface area (Å²) in [7, 11) is 1.48. The van der Waals surface area contributed by atoms with E-state index in [1.165, 1.54) is 13.1 Å². The van der Waals surface area contributed by atoms with Crippen molar-refractivity contribution in [2.45, 2.75) is 64.5 Å². The highest BCUT2D eigenvalue weighted by molar-refractivity contribution is 5.82. The van der Waals surface area contributed by atoms with Crippen LogP contribution in [0, 0.1) is 17.7 Å². The molecular weight excluding hydrogens is 485 g/mol. The van der Waals surface area contributed by atoms with Gasteiger partial charge in [0.2, 0.25) is 5.91 Å². The van der Waals surface area contributed by atoms with Crippen LogP contribution in [0.15, 0.2) is 42.5 Å². The number of hydrogen-bond acceptors (Lipinski definition) is 5. The normalized spacial score (nSPS) is 18.1. The number of amides is 2. The number of alkyl carbamates (subject to hydrolysis) is 1. The van der Waals surface area contributed by atoms with E-state index in [0.717, 1.165) is 12.0 Å². The number of aliphatic hydroxyl groups is 1. The van der Waals surface area contributed by atoms with Crippen molar-refractivity contribution in [1.82, 2.24) is 10.2 Å². The molecule has 1 fully saturated rings. The van der Waals surface area contributed by atoms with Crippen molar-refractivity contribution in [3.63, 3.8) is 0 Å². The van der Waals surface area contributed by atoms with Gasteiger partial charge >= 0.3 is 6.09 Å². The molecule has 0 spiro atoms. The van der Waals surface area contributed by atoms with Crippen LogP contribution in [-0.4, -0.2) is 54.8 Å². The Morgan fingerprint density at radius 1 is 1.26 bits per heavy atom. The molecule has 7 nitrogen and oxygen atoms in total. The summed E-state index contributed by atoms with van der Waals surface area (Å²) >= 11 is 0. The third-order valence-corrected chi connectivity index (χ3v) is 7.66. The Bertz CT molecular complexity index is 1110. The Kier molecular flexibility index (Phi) is 10.3. The molecule has 2 amide bonds. The first-order chi connectivity index (χ1) is 18.1. The van der Waals surface area contributed by atoms with Crippen LogP contribution in [0.2, 0.25) is 0 Å². The summed E-state index contributed by atoms with van der Waals surface area (Å²) in [5.74, 6) is -0.912. The average molecular weight is 528 g/mol. The molecule has 2 aromatic carbocycles. The van der Waals surface area contributed by atoms with Crippen LogP contribution in [0.3, 0.4) is 0 Å². The number of nitrogens with two attached hydrogens (primary N) is 1. The largest absolute Gasteiger partial charge is 0.450 e. The molecule has 0 saturated carbocycles. The van der Waals surface area contributed by atoms with Gasteiger partial charge in [-0.05, 0) is 60.8 Å². The SMILES string of the molecule is CCc1cccc(-c2c(F)cccc2C(O)(CCCOC(=O)NC)C2CCCN(C(=O)[C@@H](N)C(C)C)C2)c1. The predicted molar refractivity (Wildman–Crippen MR) is 147 cm³/mol. The minimum absolute atomic E-state index is 0.00992. The van der Waals surface area contributed by atoms with Gasteiger partial charge in [-0.3, -0.25) is 4.79 Å². The van der Waals surface area contributed by atoms with Gasteiger partial charge in [-0.15, -0.1) is 0 Å². The molecule has 2 aromatic rings. The summed E-state index contributed by atoms with van der Waals surface area (Å²) in [6.07, 6.45) is 2.22. The van der Waals surface area contributed by atoms with E-state index in [0.29, 0.717) is 49.0 Å². The highest BCUT2D eigenvalue weighted by Crippen LogP contribution is 2.44. The summed E-state index contributed by atoms with van der Waals surface area (Å²) in [4.78, 5) is 26.4. The molecule has 8 heteroatoms. The molecule has 38 heavy (non-hydrogen) atoms. The number of piperidine rings is 1. The average Bonchev–Trinajstić information content (AvgIpc) is 2.94. The number of likely N-dealkylation sites (tertiary alicyclic amines) is 1. The summed E-state index contributed by atoms with van der Waals surface area (Å²) in [5, 5.41) is 14.9. The maximum atomic E-state index is 15.5. The van der Waals surface area contributed by atoms with Crippen molar-refractivity contribution >= 4 is 12.0 Å². The molecule has 1 heterocycles. The quantitative estimate of drug-likeness (QED) is 0.392. The minimum atomic E-state index is -1.47. The molecule has 2 unspecified atom stereocenters. The fraction of sp³-hybridized carbons (Fsp3) is 0.533. The lowest BCUT2D eigenvalue weighted by molar-refractivity contribution is -0.139. The molecule has 208 valence electrons. The monoisotopic (exact) mass is 527 g/mol. The van der Waals surface area contributed by atoms with Gasteiger partial charge in [0.1, 0.15) is 5.82 Å². The lowest BCUT2D eigenvalue weighted by atomic mass is 9.72. The third kappa shape index (κ3) is 6.72. The molecule has 0 radical (unpaired) electrons. The fourth-order valence-corrected chi connectivity index (χ4v) is 5.33. The van der Waals surface area contributed by atoms with Crippen molar-refractivity contribution < 1.29 is 23.8 Å². The third-order valence-electron chi connectivity index (χ3n) is 7.66. The highest BCUT2D eigenvalue weighted by Gasteiger charge is 2.43. The van der Waals surface area contributed by atoms with E-state index in [9.17, 15) is 14.7 Å². The summed E-state index contributed by atoms with van der Waals surface area (Å²) in [6, 6.07) is 11.9. The van der Waals surface area contributed by atoms with Crippen LogP contribution in [0.5, 0.6) is 0 Å². The second kappa shape index (κ2) is 13.2. The zero-order valence-electron chi connectivity index (χ0n) is 23.0. The van der Waals surface area contributed by atoms with Crippen LogP contribution in [0.1, 0.15) is 57.6 Å². The van der Waals surface area contributed by atoms with Crippen molar-refractivity contribution in [1.29, 1.82) is 0 Å². The maximum absolute atomic E-state index is 15.5. The van der Waals surface area contributed by atoms with E-state index in [1.807, 2.05) is 45.0 Å². The maximum Gasteiger partial charge on any atom is 0.406 e. The van der Waals surface area contributed by atoms with Crippen molar-refractivity contribution in [3.05, 3.63) is 59.4 Å². The molecular formula is C30H42FN3O4. The lowest BCUT2D eigenvalue weighted by Gasteiger charge is -2.44. The number of nitrogens with one attached hydrogen (secondary N) is 1. The molecule has 1 aliphatic heterocycles. The zero-order valence-corrected chi connectivity index (χ0v) is 23.0. The van der Waals surface area contributed by atoms with E-state index >= 15 is 4.39 Å². The molecule has 0 bridgehead atoms. The Morgan fingerprint density at radius 2 is 2.00 bits per heavy atom. The Hall–Kier alpha value is -2.97. The Labute approximate surface area is 225 Å². The van der Waals surface area contributed by atoms with Crippen LogP contribution in [0.4, 0.5) is 9.18 Å². The second-order valence-corrected chi connectivity index (χ2v) is 10.5. The van der Waals surface area contributed by atoms with Crippen molar-refractivity contribution in [2.24, 2.45) is 17.6 Å². The molecule has 3 atom stereocenters. The number of aryl methyl sites for hydroxylation is 1. The Morgan fingerprint density at radius 3 is 2.68 bits per heavy atom. The van der Waals surface area contributed by atoms with E-state index in [2.05, 4.69) is 5.32 Å². The summed E-state index contributed by atoms with van der Waals surface area (Å²) < 4.78 is 20.7. The van der Waals surface area contributed by atoms with Gasteiger partial charge in [0.15, 0.2) is 0 Å². The smallest absolute Gasteiger partial charge is 0.406 e. The number of benzene rings is 2. The molecule has 0 aromatic heterocycles. The number of carbonyl (C=O) groups excluding carboxylic acids is 2. The number of halogens is 1. The number of carbonyl (C=O) groups is 2. The number of ether oxygens (including phenoxy) is 1. The van der Waals surface area contributed by atoms with Gasteiger partial charge in [0.25, 0.3) is 0 Å². The highest BCUT2D eigenvalue weighted by atomic mass is 19.1. The standard InChI is InChI=1S/C30H42FN3O4/c1-5-21-10-6-11-22(18-21)26-24(13-7-14-25(26)31)30(37,15-9-17-38-29(36)33-4)23-12-8-16-34(19-23)28(35)27(32)20(2)3/h6-7,10-11,13-14,18,20,23,27,37H,5,8-9,12,15-17,19,32H2,1-4H3,(H,33,36)/t23?,27-,30?/m0/s1. The number of rotatable bonds is 10. The van der Waals surface area contributed by atoms with Crippen molar-refractivity contribution in [2.75, 3.05) is 26.7 Å². The number of nitrogens with zero attached hydrogens (tertiary/aromatic N) is 1. The minimum Gasteiger partial charge on any atom is -0.450 e. The van der Waals surface area contributed by atoms with Gasteiger partial charge in [0.05, 0.1) is 18.2 Å². The van der Waals surface area contributed by atoms with Crippen LogP contribution in [-0.2, 0) is 21.6 Å². The van der Waals surface area contributed by atoms with Crippen LogP contribution in [0.25, 0.3) is 11.1 Å². The summed E-state index contributed by atoms with van der Waals surface area (Å²) in [6.45, 7) is 6.86.